The van der Waals surface area contributed by atoms with Crippen molar-refractivity contribution >= 4 is 0 Å². The Balaban J connectivity index is 1.77. The summed E-state index contributed by atoms with van der Waals surface area (Å²) in [6, 6.07) is 2.92. The van der Waals surface area contributed by atoms with Crippen LogP contribution in [-0.4, -0.2) is 9.78 Å². The van der Waals surface area contributed by atoms with Gasteiger partial charge in [-0.1, -0.05) is 78.1 Å². The summed E-state index contributed by atoms with van der Waals surface area (Å²) in [4.78, 5) is 0. The maximum atomic E-state index is 4.92. The molecule has 0 N–H and O–H groups in total. The van der Waals surface area contributed by atoms with Gasteiger partial charge in [-0.2, -0.15) is 5.10 Å². The van der Waals surface area contributed by atoms with Gasteiger partial charge in [0.2, 0.25) is 0 Å². The highest BCUT2D eigenvalue weighted by Crippen LogP contribution is 2.39. The zero-order valence-electron chi connectivity index (χ0n) is 15.6. The van der Waals surface area contributed by atoms with Crippen molar-refractivity contribution in [3.05, 3.63) is 18.0 Å². The van der Waals surface area contributed by atoms with E-state index in [2.05, 4.69) is 30.8 Å². The van der Waals surface area contributed by atoms with Gasteiger partial charge in [0, 0.05) is 12.1 Å². The third kappa shape index (κ3) is 7.10. The molecule has 1 aromatic rings. The molecule has 132 valence electrons. The van der Waals surface area contributed by atoms with E-state index < -0.39 is 0 Å². The Morgan fingerprint density at radius 3 is 2.00 bits per heavy atom. The lowest BCUT2D eigenvalue weighted by Crippen LogP contribution is -2.10. The summed E-state index contributed by atoms with van der Waals surface area (Å²) < 4.78 is 2.31. The van der Waals surface area contributed by atoms with Gasteiger partial charge in [-0.25, -0.2) is 0 Å². The third-order valence-corrected chi connectivity index (χ3v) is 5.28. The van der Waals surface area contributed by atoms with Crippen LogP contribution in [0.3, 0.4) is 0 Å². The molecule has 0 aromatic carbocycles. The minimum absolute atomic E-state index is 0.644. The predicted octanol–water partition coefficient (Wildman–Crippen LogP) is 7.02. The lowest BCUT2D eigenvalue weighted by molar-refractivity contribution is 0.365. The van der Waals surface area contributed by atoms with E-state index in [9.17, 15) is 0 Å². The second-order valence-corrected chi connectivity index (χ2v) is 7.55. The number of hydrogen-bond donors (Lipinski definition) is 0. The van der Waals surface area contributed by atoms with Gasteiger partial charge in [-0.15, -0.1) is 0 Å². The first-order chi connectivity index (χ1) is 11.3. The van der Waals surface area contributed by atoms with Crippen LogP contribution >= 0.6 is 0 Å². The summed E-state index contributed by atoms with van der Waals surface area (Å²) in [5.74, 6) is 0.783. The van der Waals surface area contributed by atoms with E-state index in [4.69, 9.17) is 5.10 Å². The average Bonchev–Trinajstić information content (AvgIpc) is 3.30. The van der Waals surface area contributed by atoms with Crippen LogP contribution < -0.4 is 0 Å². The van der Waals surface area contributed by atoms with Crippen molar-refractivity contribution in [3.63, 3.8) is 0 Å². The maximum Gasteiger partial charge on any atom is 0.0655 e. The minimum atomic E-state index is 0.644. The van der Waals surface area contributed by atoms with Crippen molar-refractivity contribution in [2.24, 2.45) is 0 Å². The van der Waals surface area contributed by atoms with Crippen molar-refractivity contribution in [1.29, 1.82) is 0 Å². The molecule has 0 aliphatic heterocycles. The van der Waals surface area contributed by atoms with Gasteiger partial charge in [-0.05, 0) is 31.7 Å². The number of hydrogen-bond acceptors (Lipinski definition) is 1. The van der Waals surface area contributed by atoms with Crippen LogP contribution in [0.15, 0.2) is 12.3 Å². The highest BCUT2D eigenvalue weighted by molar-refractivity contribution is 5.12. The summed E-state index contributed by atoms with van der Waals surface area (Å²) in [5, 5.41) is 4.92. The summed E-state index contributed by atoms with van der Waals surface area (Å²) in [5.41, 5.74) is 1.35. The van der Waals surface area contributed by atoms with Gasteiger partial charge in [0.25, 0.3) is 0 Å². The van der Waals surface area contributed by atoms with Crippen LogP contribution in [0.5, 0.6) is 0 Å². The number of aromatic nitrogens is 2. The Labute approximate surface area is 144 Å². The minimum Gasteiger partial charge on any atom is -0.269 e. The standard InChI is InChI=1S/C21H38N2/c1-3-5-7-9-11-13-20(14-12-10-8-6-4-2)23-18-17-21(22-23)19-15-16-19/h17-20H,3-16H2,1-2H3. The molecule has 0 atom stereocenters. The van der Waals surface area contributed by atoms with Gasteiger partial charge in [0.15, 0.2) is 0 Å². The van der Waals surface area contributed by atoms with Gasteiger partial charge >= 0.3 is 0 Å². The second-order valence-electron chi connectivity index (χ2n) is 7.55. The molecular formula is C21H38N2. The first-order valence-electron chi connectivity index (χ1n) is 10.4. The Kier molecular flexibility index (Phi) is 8.78. The van der Waals surface area contributed by atoms with Crippen molar-refractivity contribution in [1.82, 2.24) is 9.78 Å². The van der Waals surface area contributed by atoms with Gasteiger partial charge in [0.1, 0.15) is 0 Å². The summed E-state index contributed by atoms with van der Waals surface area (Å²) in [6.07, 6.45) is 21.5. The molecule has 0 bridgehead atoms. The lowest BCUT2D eigenvalue weighted by Gasteiger charge is -2.18. The molecule has 0 amide bonds. The highest BCUT2D eigenvalue weighted by Gasteiger charge is 2.26. The molecule has 2 heteroatoms. The van der Waals surface area contributed by atoms with Crippen molar-refractivity contribution in [3.8, 4) is 0 Å². The molecule has 1 fully saturated rings. The molecule has 0 spiro atoms. The zero-order valence-corrected chi connectivity index (χ0v) is 15.6. The Hall–Kier alpha value is -0.790. The lowest BCUT2D eigenvalue weighted by atomic mass is 10.0. The van der Waals surface area contributed by atoms with Gasteiger partial charge in [-0.3, -0.25) is 4.68 Å². The van der Waals surface area contributed by atoms with Crippen LogP contribution in [-0.2, 0) is 0 Å². The molecule has 1 aliphatic rings. The summed E-state index contributed by atoms with van der Waals surface area (Å²) in [6.45, 7) is 4.59. The predicted molar refractivity (Wildman–Crippen MR) is 100.0 cm³/mol. The molecule has 1 aliphatic carbocycles. The molecule has 23 heavy (non-hydrogen) atoms. The maximum absolute atomic E-state index is 4.92. The van der Waals surface area contributed by atoms with Crippen LogP contribution in [0.25, 0.3) is 0 Å². The Morgan fingerprint density at radius 2 is 1.48 bits per heavy atom. The smallest absolute Gasteiger partial charge is 0.0655 e. The van der Waals surface area contributed by atoms with Crippen LogP contribution in [0.2, 0.25) is 0 Å². The van der Waals surface area contributed by atoms with Gasteiger partial charge in [0.05, 0.1) is 11.7 Å². The fraction of sp³-hybridized carbons (Fsp3) is 0.857. The molecular weight excluding hydrogens is 280 g/mol. The summed E-state index contributed by atoms with van der Waals surface area (Å²) in [7, 11) is 0. The van der Waals surface area contributed by atoms with E-state index in [0.29, 0.717) is 6.04 Å². The first kappa shape index (κ1) is 18.5. The normalized spacial score (nSPS) is 14.7. The molecule has 1 heterocycles. The number of unbranched alkanes of at least 4 members (excludes halogenated alkanes) is 8. The quantitative estimate of drug-likeness (QED) is 0.337. The topological polar surface area (TPSA) is 17.8 Å². The second kappa shape index (κ2) is 10.9. The van der Waals surface area contributed by atoms with E-state index in [-0.39, 0.29) is 0 Å². The largest absolute Gasteiger partial charge is 0.269 e. The van der Waals surface area contributed by atoms with Gasteiger partial charge < -0.3 is 0 Å². The third-order valence-electron chi connectivity index (χ3n) is 5.28. The van der Waals surface area contributed by atoms with Crippen LogP contribution in [0.1, 0.15) is 121 Å². The first-order valence-corrected chi connectivity index (χ1v) is 10.4. The molecule has 0 radical (unpaired) electrons. The van der Waals surface area contributed by atoms with Crippen LogP contribution in [0, 0.1) is 0 Å². The molecule has 2 nitrogen and oxygen atoms in total. The van der Waals surface area contributed by atoms with Crippen molar-refractivity contribution in [2.45, 2.75) is 116 Å². The van der Waals surface area contributed by atoms with E-state index >= 15 is 0 Å². The van der Waals surface area contributed by atoms with Crippen LogP contribution in [0.4, 0.5) is 0 Å². The fourth-order valence-electron chi connectivity index (χ4n) is 3.53. The molecule has 1 aromatic heterocycles. The Bertz CT molecular complexity index is 392. The highest BCUT2D eigenvalue weighted by atomic mass is 15.3. The summed E-state index contributed by atoms with van der Waals surface area (Å²) >= 11 is 0. The van der Waals surface area contributed by atoms with E-state index in [1.807, 2.05) is 0 Å². The van der Waals surface area contributed by atoms with Crippen molar-refractivity contribution in [2.75, 3.05) is 0 Å². The molecule has 0 unspecified atom stereocenters. The average molecular weight is 319 g/mol. The zero-order chi connectivity index (χ0) is 16.3. The van der Waals surface area contributed by atoms with E-state index in [1.54, 1.807) is 0 Å². The van der Waals surface area contributed by atoms with E-state index in [1.165, 1.54) is 95.6 Å². The number of rotatable bonds is 14. The molecule has 2 rings (SSSR count). The van der Waals surface area contributed by atoms with Crippen molar-refractivity contribution < 1.29 is 0 Å². The Morgan fingerprint density at radius 1 is 0.913 bits per heavy atom. The number of nitrogens with zero attached hydrogens (tertiary/aromatic N) is 2. The monoisotopic (exact) mass is 318 g/mol. The molecule has 0 saturated heterocycles. The fourth-order valence-corrected chi connectivity index (χ4v) is 3.53. The molecule has 1 saturated carbocycles. The SMILES string of the molecule is CCCCCCCC(CCCCCCC)n1ccc(C2CC2)n1. The van der Waals surface area contributed by atoms with E-state index in [0.717, 1.165) is 5.92 Å².